The van der Waals surface area contributed by atoms with Gasteiger partial charge in [0.15, 0.2) is 12.6 Å². The molecule has 0 radical (unpaired) electrons. The van der Waals surface area contributed by atoms with Crippen LogP contribution in [0.1, 0.15) is 10.6 Å². The van der Waals surface area contributed by atoms with Gasteiger partial charge in [0.1, 0.15) is 11.3 Å². The zero-order chi connectivity index (χ0) is 12.3. The lowest BCUT2D eigenvalue weighted by molar-refractivity contribution is 0.0522. The van der Waals surface area contributed by atoms with Crippen molar-refractivity contribution in [3.05, 3.63) is 30.0 Å². The van der Waals surface area contributed by atoms with Crippen LogP contribution in [0.5, 0.6) is 5.75 Å². The summed E-state index contributed by atoms with van der Waals surface area (Å²) in [7, 11) is 1.53. The number of amides is 1. The molecular formula is C11H12N2O4. The van der Waals surface area contributed by atoms with Crippen molar-refractivity contribution in [1.29, 1.82) is 0 Å². The number of nitrogens with one attached hydrogen (secondary N) is 1. The average Bonchev–Trinajstić information content (AvgIpc) is 2.79. The van der Waals surface area contributed by atoms with E-state index in [1.54, 1.807) is 24.3 Å². The molecule has 6 heteroatoms. The smallest absolute Gasteiger partial charge is 0.300 e. The summed E-state index contributed by atoms with van der Waals surface area (Å²) in [4.78, 5) is 11.3. The zero-order valence-electron chi connectivity index (χ0n) is 9.23. The van der Waals surface area contributed by atoms with E-state index in [2.05, 4.69) is 0 Å². The van der Waals surface area contributed by atoms with E-state index in [0.717, 1.165) is 0 Å². The second-order valence-electron chi connectivity index (χ2n) is 3.30. The maximum absolute atomic E-state index is 11.3. The number of hydrogen-bond donors (Lipinski definition) is 2. The molecule has 0 unspecified atom stereocenters. The first-order valence-corrected chi connectivity index (χ1v) is 4.91. The van der Waals surface area contributed by atoms with Crippen LogP contribution >= 0.6 is 0 Å². The molecule has 0 spiro atoms. The topological polar surface area (TPSA) is 86.7 Å². The molecule has 0 aliphatic heterocycles. The fourth-order valence-corrected chi connectivity index (χ4v) is 1.47. The van der Waals surface area contributed by atoms with E-state index in [1.807, 2.05) is 5.43 Å². The monoisotopic (exact) mass is 236 g/mol. The molecule has 0 saturated heterocycles. The number of benzene rings is 1. The highest BCUT2D eigenvalue weighted by molar-refractivity contribution is 5.97. The lowest BCUT2D eigenvalue weighted by atomic mass is 10.2. The lowest BCUT2D eigenvalue weighted by Crippen LogP contribution is -2.29. The number of nitrogens with two attached hydrogens (primary N) is 1. The van der Waals surface area contributed by atoms with Crippen LogP contribution in [0.15, 0.2) is 28.7 Å². The Labute approximate surface area is 97.3 Å². The van der Waals surface area contributed by atoms with Gasteiger partial charge < -0.3 is 13.9 Å². The second-order valence-corrected chi connectivity index (χ2v) is 3.30. The maximum atomic E-state index is 11.3. The summed E-state index contributed by atoms with van der Waals surface area (Å²) in [6, 6.07) is 6.84. The van der Waals surface area contributed by atoms with Crippen molar-refractivity contribution in [3.63, 3.8) is 0 Å². The molecule has 1 amide bonds. The van der Waals surface area contributed by atoms with Crippen LogP contribution < -0.4 is 16.0 Å². The molecule has 0 saturated carbocycles. The third-order valence-electron chi connectivity index (χ3n) is 2.21. The minimum atomic E-state index is -0.487. The molecule has 0 aliphatic rings. The number of carbonyl (C=O) groups excluding carboxylic acids is 1. The molecule has 6 nitrogen and oxygen atoms in total. The van der Waals surface area contributed by atoms with E-state index in [0.29, 0.717) is 16.7 Å². The number of furan rings is 1. The van der Waals surface area contributed by atoms with Gasteiger partial charge in [0, 0.05) is 13.2 Å². The van der Waals surface area contributed by atoms with Gasteiger partial charge in [0.05, 0.1) is 5.39 Å². The normalized spacial score (nSPS) is 10.5. The molecule has 1 aromatic heterocycles. The Morgan fingerprint density at radius 2 is 2.35 bits per heavy atom. The van der Waals surface area contributed by atoms with Crippen LogP contribution in [0.4, 0.5) is 0 Å². The van der Waals surface area contributed by atoms with Crippen LogP contribution in [-0.2, 0) is 4.74 Å². The van der Waals surface area contributed by atoms with Gasteiger partial charge in [-0.25, -0.2) is 5.84 Å². The predicted octanol–water partition coefficient (Wildman–Crippen LogP) is 1.02. The van der Waals surface area contributed by atoms with E-state index in [-0.39, 0.29) is 12.6 Å². The SMILES string of the molecule is COCOc1cccc2oc(C(=O)NN)cc12. The number of rotatable bonds is 4. The van der Waals surface area contributed by atoms with E-state index < -0.39 is 5.91 Å². The highest BCUT2D eigenvalue weighted by Crippen LogP contribution is 2.28. The number of hydrazine groups is 1. The van der Waals surface area contributed by atoms with Gasteiger partial charge in [-0.15, -0.1) is 0 Å². The summed E-state index contributed by atoms with van der Waals surface area (Å²) in [6.07, 6.45) is 0. The quantitative estimate of drug-likeness (QED) is 0.358. The van der Waals surface area contributed by atoms with Crippen molar-refractivity contribution < 1.29 is 18.7 Å². The van der Waals surface area contributed by atoms with Gasteiger partial charge in [-0.05, 0) is 12.1 Å². The highest BCUT2D eigenvalue weighted by Gasteiger charge is 2.13. The highest BCUT2D eigenvalue weighted by atomic mass is 16.7. The van der Waals surface area contributed by atoms with Crippen molar-refractivity contribution in [1.82, 2.24) is 5.43 Å². The molecule has 1 heterocycles. The molecular weight excluding hydrogens is 224 g/mol. The standard InChI is InChI=1S/C11H12N2O4/c1-15-6-16-8-3-2-4-9-7(8)5-10(17-9)11(14)13-12/h2-5H,6,12H2,1H3,(H,13,14). The van der Waals surface area contributed by atoms with Gasteiger partial charge >= 0.3 is 5.91 Å². The number of methoxy groups -OCH3 is 1. The van der Waals surface area contributed by atoms with Gasteiger partial charge in [0.2, 0.25) is 0 Å². The number of ether oxygens (including phenoxy) is 2. The Morgan fingerprint density at radius 3 is 3.06 bits per heavy atom. The van der Waals surface area contributed by atoms with Crippen LogP contribution in [0.25, 0.3) is 11.0 Å². The summed E-state index contributed by atoms with van der Waals surface area (Å²) in [5.74, 6) is 5.27. The van der Waals surface area contributed by atoms with Crippen LogP contribution in [0, 0.1) is 0 Å². The average molecular weight is 236 g/mol. The van der Waals surface area contributed by atoms with E-state index in [1.165, 1.54) is 7.11 Å². The van der Waals surface area contributed by atoms with Crippen LogP contribution in [0.3, 0.4) is 0 Å². The Balaban J connectivity index is 2.41. The van der Waals surface area contributed by atoms with Gasteiger partial charge in [-0.1, -0.05) is 6.07 Å². The Hall–Kier alpha value is -2.05. The van der Waals surface area contributed by atoms with Gasteiger partial charge in [-0.3, -0.25) is 10.2 Å². The molecule has 0 bridgehead atoms. The Bertz CT molecular complexity index is 535. The third kappa shape index (κ3) is 2.22. The van der Waals surface area contributed by atoms with Gasteiger partial charge in [0.25, 0.3) is 0 Å². The third-order valence-corrected chi connectivity index (χ3v) is 2.21. The number of fused-ring (bicyclic) bond motifs is 1. The number of carbonyl (C=O) groups is 1. The number of hydrogen-bond acceptors (Lipinski definition) is 5. The van der Waals surface area contributed by atoms with Crippen LogP contribution in [0.2, 0.25) is 0 Å². The summed E-state index contributed by atoms with van der Waals surface area (Å²) in [5, 5.41) is 0.697. The first-order valence-electron chi connectivity index (χ1n) is 4.91. The molecule has 2 aromatic rings. The molecule has 90 valence electrons. The molecule has 2 rings (SSSR count). The van der Waals surface area contributed by atoms with Crippen LogP contribution in [-0.4, -0.2) is 19.8 Å². The molecule has 3 N–H and O–H groups in total. The minimum absolute atomic E-state index is 0.128. The molecule has 0 aliphatic carbocycles. The predicted molar refractivity (Wildman–Crippen MR) is 60.4 cm³/mol. The van der Waals surface area contributed by atoms with Crippen molar-refractivity contribution in [2.45, 2.75) is 0 Å². The summed E-state index contributed by atoms with van der Waals surface area (Å²) < 4.78 is 15.5. The van der Waals surface area contributed by atoms with Crippen molar-refractivity contribution in [2.75, 3.05) is 13.9 Å². The van der Waals surface area contributed by atoms with Crippen molar-refractivity contribution >= 4 is 16.9 Å². The summed E-state index contributed by atoms with van der Waals surface area (Å²) >= 11 is 0. The lowest BCUT2D eigenvalue weighted by Gasteiger charge is -2.04. The minimum Gasteiger partial charge on any atom is -0.467 e. The van der Waals surface area contributed by atoms with E-state index in [9.17, 15) is 4.79 Å². The fourth-order valence-electron chi connectivity index (χ4n) is 1.47. The molecule has 1 aromatic carbocycles. The van der Waals surface area contributed by atoms with E-state index in [4.69, 9.17) is 19.7 Å². The maximum Gasteiger partial charge on any atom is 0.300 e. The Morgan fingerprint density at radius 1 is 1.53 bits per heavy atom. The first kappa shape index (κ1) is 11.4. The summed E-state index contributed by atoms with van der Waals surface area (Å²) in [6.45, 7) is 0.128. The molecule has 0 atom stereocenters. The largest absolute Gasteiger partial charge is 0.467 e. The van der Waals surface area contributed by atoms with Crippen molar-refractivity contribution in [3.8, 4) is 5.75 Å². The fraction of sp³-hybridized carbons (Fsp3) is 0.182. The van der Waals surface area contributed by atoms with Crippen molar-refractivity contribution in [2.24, 2.45) is 5.84 Å². The number of nitrogen functional groups attached to an aromatic ring is 1. The summed E-state index contributed by atoms with van der Waals surface area (Å²) in [5.41, 5.74) is 2.56. The molecule has 0 fully saturated rings. The molecule has 17 heavy (non-hydrogen) atoms. The van der Waals surface area contributed by atoms with Gasteiger partial charge in [-0.2, -0.15) is 0 Å². The Kier molecular flexibility index (Phi) is 3.27. The zero-order valence-corrected chi connectivity index (χ0v) is 9.23. The second kappa shape index (κ2) is 4.86. The van der Waals surface area contributed by atoms with E-state index >= 15 is 0 Å². The first-order chi connectivity index (χ1) is 8.26.